The number of hydrogen-bond acceptors (Lipinski definition) is 5. The maximum absolute atomic E-state index is 6.49. The maximum atomic E-state index is 6.49. The normalized spacial score (nSPS) is 11.6. The van der Waals surface area contributed by atoms with E-state index in [-0.39, 0.29) is 0 Å². The number of aromatic nitrogens is 3. The van der Waals surface area contributed by atoms with E-state index in [9.17, 15) is 0 Å². The number of nitrogens with zero attached hydrogens (tertiary/aromatic N) is 3. The zero-order valence-corrected chi connectivity index (χ0v) is 30.9. The highest BCUT2D eigenvalue weighted by Gasteiger charge is 2.15. The third-order valence-corrected chi connectivity index (χ3v) is 11.7. The number of hydrogen-bond donors (Lipinski definition) is 0. The molecule has 3 heterocycles. The number of fused-ring (bicyclic) bond motifs is 6. The molecule has 0 spiro atoms. The third kappa shape index (κ3) is 5.74. The van der Waals surface area contributed by atoms with E-state index in [0.717, 1.165) is 49.8 Å². The number of benzene rings is 8. The topological polar surface area (TPSA) is 51.8 Å². The highest BCUT2D eigenvalue weighted by Crippen LogP contribution is 2.40. The van der Waals surface area contributed by atoms with E-state index in [2.05, 4.69) is 127 Å². The first kappa shape index (κ1) is 32.2. The summed E-state index contributed by atoms with van der Waals surface area (Å²) in [6.07, 6.45) is 0. The summed E-state index contributed by atoms with van der Waals surface area (Å²) in [7, 11) is 0. The molecular weight excluding hydrogens is 703 g/mol. The molecule has 0 saturated carbocycles. The van der Waals surface area contributed by atoms with Gasteiger partial charge in [-0.25, -0.2) is 15.0 Å². The van der Waals surface area contributed by atoms with Gasteiger partial charge in [0.2, 0.25) is 0 Å². The van der Waals surface area contributed by atoms with Gasteiger partial charge in [0.15, 0.2) is 17.5 Å². The van der Waals surface area contributed by atoms with Crippen LogP contribution >= 0.6 is 11.3 Å². The minimum absolute atomic E-state index is 0.627. The average molecular weight is 734 g/mol. The Balaban J connectivity index is 0.952. The molecule has 0 atom stereocenters. The lowest BCUT2D eigenvalue weighted by molar-refractivity contribution is 0.669. The Labute approximate surface area is 327 Å². The van der Waals surface area contributed by atoms with Crippen molar-refractivity contribution in [3.05, 3.63) is 188 Å². The Kier molecular flexibility index (Phi) is 7.64. The molecule has 3 aromatic heterocycles. The van der Waals surface area contributed by atoms with Gasteiger partial charge in [-0.1, -0.05) is 133 Å². The summed E-state index contributed by atoms with van der Waals surface area (Å²) in [4.78, 5) is 14.8. The van der Waals surface area contributed by atoms with E-state index >= 15 is 0 Å². The van der Waals surface area contributed by atoms with Gasteiger partial charge in [0, 0.05) is 47.6 Å². The van der Waals surface area contributed by atoms with Crippen LogP contribution in [-0.4, -0.2) is 15.0 Å². The summed E-state index contributed by atoms with van der Waals surface area (Å²) in [5.74, 6) is 1.91. The first-order valence-corrected chi connectivity index (χ1v) is 19.5. The summed E-state index contributed by atoms with van der Waals surface area (Å²) < 4.78 is 9.09. The molecule has 8 aromatic carbocycles. The Morgan fingerprint density at radius 3 is 1.36 bits per heavy atom. The second-order valence-electron chi connectivity index (χ2n) is 14.0. The zero-order chi connectivity index (χ0) is 37.0. The van der Waals surface area contributed by atoms with Gasteiger partial charge >= 0.3 is 0 Å². The van der Waals surface area contributed by atoms with Crippen molar-refractivity contribution in [1.29, 1.82) is 0 Å². The highest BCUT2D eigenvalue weighted by atomic mass is 32.1. The predicted octanol–water partition coefficient (Wildman–Crippen LogP) is 14.1. The molecule has 262 valence electrons. The van der Waals surface area contributed by atoms with Gasteiger partial charge in [0.1, 0.15) is 11.2 Å². The first-order chi connectivity index (χ1) is 27.7. The van der Waals surface area contributed by atoms with Crippen LogP contribution in [0.3, 0.4) is 0 Å². The van der Waals surface area contributed by atoms with E-state index in [4.69, 9.17) is 19.4 Å². The molecule has 0 aliphatic carbocycles. The lowest BCUT2D eigenvalue weighted by Gasteiger charge is -2.09. The summed E-state index contributed by atoms with van der Waals surface area (Å²) in [6, 6.07) is 65.8. The van der Waals surface area contributed by atoms with Crippen LogP contribution < -0.4 is 0 Å². The molecule has 56 heavy (non-hydrogen) atoms. The van der Waals surface area contributed by atoms with Crippen molar-refractivity contribution in [3.8, 4) is 67.5 Å². The molecular formula is C51H31N3OS. The van der Waals surface area contributed by atoms with Crippen LogP contribution in [0.2, 0.25) is 0 Å². The summed E-state index contributed by atoms with van der Waals surface area (Å²) in [6.45, 7) is 0. The zero-order valence-electron chi connectivity index (χ0n) is 30.1. The van der Waals surface area contributed by atoms with Crippen molar-refractivity contribution in [2.24, 2.45) is 0 Å². The molecule has 0 radical (unpaired) electrons. The standard InChI is InChI=1S/C51H31N3OS/c1-4-11-32(12-5-1)36-21-25-47-43(29-36)44-30-38(22-26-48(44)56-47)37-20-24-45-42(28-37)41-23-19-39(31-46(41)55-45)35-17-10-18-40(27-35)51-53-49(33-13-6-2-7-14-33)52-50(54-51)34-15-8-3-9-16-34/h1-31H. The van der Waals surface area contributed by atoms with Crippen LogP contribution in [0.4, 0.5) is 0 Å². The maximum Gasteiger partial charge on any atom is 0.164 e. The Morgan fingerprint density at radius 1 is 0.286 bits per heavy atom. The fourth-order valence-corrected chi connectivity index (χ4v) is 8.75. The second-order valence-corrected chi connectivity index (χ2v) is 15.1. The van der Waals surface area contributed by atoms with E-state index in [0.29, 0.717) is 17.5 Å². The number of furan rings is 1. The van der Waals surface area contributed by atoms with Gasteiger partial charge in [-0.05, 0) is 88.0 Å². The Hall–Kier alpha value is -7.21. The molecule has 11 rings (SSSR count). The van der Waals surface area contributed by atoms with Gasteiger partial charge in [0.25, 0.3) is 0 Å². The monoisotopic (exact) mass is 733 g/mol. The first-order valence-electron chi connectivity index (χ1n) is 18.7. The SMILES string of the molecule is c1ccc(-c2ccc3sc4ccc(-c5ccc6oc7cc(-c8cccc(-c9nc(-c%10ccccc%10)nc(-c%10ccccc%10)n9)c8)ccc7c6c5)cc4c3c2)cc1. The molecule has 0 fully saturated rings. The molecule has 0 saturated heterocycles. The van der Waals surface area contributed by atoms with Crippen LogP contribution in [-0.2, 0) is 0 Å². The molecule has 0 aliphatic rings. The largest absolute Gasteiger partial charge is 0.456 e. The van der Waals surface area contributed by atoms with E-state index in [1.165, 1.54) is 42.4 Å². The molecule has 0 unspecified atom stereocenters. The van der Waals surface area contributed by atoms with Crippen molar-refractivity contribution in [2.45, 2.75) is 0 Å². The summed E-state index contributed by atoms with van der Waals surface area (Å²) in [5, 5.41) is 4.78. The molecule has 5 heteroatoms. The smallest absolute Gasteiger partial charge is 0.164 e. The third-order valence-electron chi connectivity index (χ3n) is 10.5. The van der Waals surface area contributed by atoms with E-state index in [1.807, 2.05) is 72.0 Å². The van der Waals surface area contributed by atoms with Gasteiger partial charge in [-0.15, -0.1) is 11.3 Å². The van der Waals surface area contributed by atoms with Crippen LogP contribution in [0.15, 0.2) is 192 Å². The molecule has 0 N–H and O–H groups in total. The van der Waals surface area contributed by atoms with Gasteiger partial charge in [-0.2, -0.15) is 0 Å². The Morgan fingerprint density at radius 2 is 0.732 bits per heavy atom. The predicted molar refractivity (Wildman–Crippen MR) is 233 cm³/mol. The van der Waals surface area contributed by atoms with Crippen LogP contribution in [0.1, 0.15) is 0 Å². The Bertz CT molecular complexity index is 3180. The number of rotatable bonds is 6. The molecule has 11 aromatic rings. The van der Waals surface area contributed by atoms with Crippen molar-refractivity contribution in [3.63, 3.8) is 0 Å². The average Bonchev–Trinajstić information content (AvgIpc) is 3.84. The van der Waals surface area contributed by atoms with Crippen LogP contribution in [0.25, 0.3) is 110 Å². The molecule has 0 bridgehead atoms. The van der Waals surface area contributed by atoms with Crippen molar-refractivity contribution in [1.82, 2.24) is 15.0 Å². The van der Waals surface area contributed by atoms with Crippen molar-refractivity contribution < 1.29 is 4.42 Å². The van der Waals surface area contributed by atoms with Crippen molar-refractivity contribution >= 4 is 53.4 Å². The lowest BCUT2D eigenvalue weighted by Crippen LogP contribution is -2.00. The van der Waals surface area contributed by atoms with E-state index in [1.54, 1.807) is 0 Å². The lowest BCUT2D eigenvalue weighted by atomic mass is 9.98. The van der Waals surface area contributed by atoms with Crippen LogP contribution in [0, 0.1) is 0 Å². The van der Waals surface area contributed by atoms with Gasteiger partial charge < -0.3 is 4.42 Å². The van der Waals surface area contributed by atoms with Crippen molar-refractivity contribution in [2.75, 3.05) is 0 Å². The molecule has 4 nitrogen and oxygen atoms in total. The van der Waals surface area contributed by atoms with E-state index < -0.39 is 0 Å². The molecule has 0 amide bonds. The quantitative estimate of drug-likeness (QED) is 0.171. The minimum Gasteiger partial charge on any atom is -0.456 e. The highest BCUT2D eigenvalue weighted by molar-refractivity contribution is 7.25. The number of thiophene rings is 1. The van der Waals surface area contributed by atoms with Gasteiger partial charge in [0.05, 0.1) is 0 Å². The fourth-order valence-electron chi connectivity index (χ4n) is 7.68. The van der Waals surface area contributed by atoms with Gasteiger partial charge in [-0.3, -0.25) is 0 Å². The molecule has 0 aliphatic heterocycles. The second kappa shape index (κ2) is 13.3. The van der Waals surface area contributed by atoms with Crippen LogP contribution in [0.5, 0.6) is 0 Å². The fraction of sp³-hybridized carbons (Fsp3) is 0. The minimum atomic E-state index is 0.627. The summed E-state index contributed by atoms with van der Waals surface area (Å²) >= 11 is 1.85. The summed E-state index contributed by atoms with van der Waals surface area (Å²) in [5.41, 5.74) is 11.5.